The summed E-state index contributed by atoms with van der Waals surface area (Å²) in [5, 5.41) is 8.07. The van der Waals surface area contributed by atoms with Crippen LogP contribution in [0.3, 0.4) is 0 Å². The van der Waals surface area contributed by atoms with Crippen molar-refractivity contribution in [2.24, 2.45) is 5.41 Å². The molecule has 1 aromatic carbocycles. The lowest BCUT2D eigenvalue weighted by Crippen LogP contribution is -2.41. The molecule has 7 heteroatoms. The molecule has 1 aromatic heterocycles. The van der Waals surface area contributed by atoms with E-state index in [1.54, 1.807) is 37.3 Å². The van der Waals surface area contributed by atoms with Crippen molar-refractivity contribution >= 4 is 29.1 Å². The summed E-state index contributed by atoms with van der Waals surface area (Å²) in [6, 6.07) is 9.16. The van der Waals surface area contributed by atoms with E-state index in [4.69, 9.17) is 4.42 Å². The lowest BCUT2D eigenvalue weighted by molar-refractivity contribution is -0.123. The molecule has 3 N–H and O–H groups in total. The van der Waals surface area contributed by atoms with E-state index < -0.39 is 17.4 Å². The number of hydrogen-bond acceptors (Lipinski definition) is 4. The topological polar surface area (TPSA) is 100 Å². The van der Waals surface area contributed by atoms with Crippen LogP contribution in [0.25, 0.3) is 0 Å². The third kappa shape index (κ3) is 5.20. The molecule has 0 saturated heterocycles. The number of rotatable bonds is 5. The van der Waals surface area contributed by atoms with Crippen LogP contribution in [0, 0.1) is 5.41 Å². The van der Waals surface area contributed by atoms with Gasteiger partial charge < -0.3 is 20.4 Å². The zero-order valence-electron chi connectivity index (χ0n) is 15.3. The minimum atomic E-state index is -0.763. The molecule has 0 radical (unpaired) electrons. The van der Waals surface area contributed by atoms with Gasteiger partial charge in [-0.1, -0.05) is 26.8 Å². The lowest BCUT2D eigenvalue weighted by atomic mass is 9.95. The molecule has 0 aliphatic heterocycles. The van der Waals surface area contributed by atoms with E-state index in [-0.39, 0.29) is 17.6 Å². The second-order valence-corrected chi connectivity index (χ2v) is 6.95. The van der Waals surface area contributed by atoms with E-state index >= 15 is 0 Å². The maximum absolute atomic E-state index is 12.3. The first-order valence-electron chi connectivity index (χ1n) is 8.23. The minimum Gasteiger partial charge on any atom is -0.459 e. The fourth-order valence-corrected chi connectivity index (χ4v) is 1.98. The van der Waals surface area contributed by atoms with Gasteiger partial charge in [-0.2, -0.15) is 0 Å². The van der Waals surface area contributed by atoms with Gasteiger partial charge in [0, 0.05) is 16.8 Å². The van der Waals surface area contributed by atoms with E-state index in [2.05, 4.69) is 16.0 Å². The smallest absolute Gasteiger partial charge is 0.287 e. The van der Waals surface area contributed by atoms with Crippen LogP contribution >= 0.6 is 0 Å². The van der Waals surface area contributed by atoms with E-state index in [1.807, 2.05) is 20.8 Å². The standard InChI is InChI=1S/C19H23N3O4/c1-12(20-17(24)15-9-6-10-26-15)16(23)21-13-7-5-8-14(11-13)22-18(25)19(2,3)4/h5-12H,1-4H3,(H,20,24)(H,21,23)(H,22,25)/t12-/m0/s1. The van der Waals surface area contributed by atoms with Crippen LogP contribution < -0.4 is 16.0 Å². The van der Waals surface area contributed by atoms with Gasteiger partial charge in [-0.25, -0.2) is 0 Å². The van der Waals surface area contributed by atoms with Crippen molar-refractivity contribution in [1.29, 1.82) is 0 Å². The summed E-state index contributed by atoms with van der Waals surface area (Å²) in [5.74, 6) is -0.843. The Morgan fingerprint density at radius 2 is 1.65 bits per heavy atom. The van der Waals surface area contributed by atoms with Gasteiger partial charge in [0.25, 0.3) is 5.91 Å². The van der Waals surface area contributed by atoms with Crippen molar-refractivity contribution in [3.05, 3.63) is 48.4 Å². The highest BCUT2D eigenvalue weighted by Crippen LogP contribution is 2.20. The minimum absolute atomic E-state index is 0.125. The van der Waals surface area contributed by atoms with Crippen LogP contribution in [-0.2, 0) is 9.59 Å². The van der Waals surface area contributed by atoms with Gasteiger partial charge in [-0.15, -0.1) is 0 Å². The van der Waals surface area contributed by atoms with Gasteiger partial charge in [-0.3, -0.25) is 14.4 Å². The first kappa shape index (κ1) is 19.2. The molecule has 2 rings (SSSR count). The molecule has 7 nitrogen and oxygen atoms in total. The molecule has 0 unspecified atom stereocenters. The van der Waals surface area contributed by atoms with Crippen LogP contribution in [0.1, 0.15) is 38.2 Å². The van der Waals surface area contributed by atoms with Crippen molar-refractivity contribution in [3.8, 4) is 0 Å². The summed E-state index contributed by atoms with van der Waals surface area (Å²) >= 11 is 0. The monoisotopic (exact) mass is 357 g/mol. The van der Waals surface area contributed by atoms with E-state index in [0.29, 0.717) is 11.4 Å². The molecule has 26 heavy (non-hydrogen) atoms. The molecule has 138 valence electrons. The molecule has 3 amide bonds. The Bertz CT molecular complexity index is 791. The number of benzene rings is 1. The third-order valence-corrected chi connectivity index (χ3v) is 3.56. The second-order valence-electron chi connectivity index (χ2n) is 6.95. The largest absolute Gasteiger partial charge is 0.459 e. The summed E-state index contributed by atoms with van der Waals surface area (Å²) in [6.07, 6.45) is 1.39. The van der Waals surface area contributed by atoms with Crippen molar-refractivity contribution in [2.45, 2.75) is 33.7 Å². The molecule has 0 fully saturated rings. The average Bonchev–Trinajstić information content (AvgIpc) is 3.08. The van der Waals surface area contributed by atoms with E-state index in [0.717, 1.165) is 0 Å². The van der Waals surface area contributed by atoms with Crippen LogP contribution in [-0.4, -0.2) is 23.8 Å². The fraction of sp³-hybridized carbons (Fsp3) is 0.316. The summed E-state index contributed by atoms with van der Waals surface area (Å²) in [4.78, 5) is 36.2. The lowest BCUT2D eigenvalue weighted by Gasteiger charge is -2.18. The van der Waals surface area contributed by atoms with Gasteiger partial charge >= 0.3 is 0 Å². The SMILES string of the molecule is C[C@H](NC(=O)c1ccco1)C(=O)Nc1cccc(NC(=O)C(C)(C)C)c1. The molecule has 1 atom stereocenters. The first-order chi connectivity index (χ1) is 12.2. The number of anilines is 2. The summed E-state index contributed by atoms with van der Waals surface area (Å²) in [6.45, 7) is 7.02. The van der Waals surface area contributed by atoms with E-state index in [1.165, 1.54) is 12.3 Å². The average molecular weight is 357 g/mol. The van der Waals surface area contributed by atoms with E-state index in [9.17, 15) is 14.4 Å². The van der Waals surface area contributed by atoms with Crippen molar-refractivity contribution in [3.63, 3.8) is 0 Å². The zero-order valence-corrected chi connectivity index (χ0v) is 15.3. The Labute approximate surface area is 152 Å². The summed E-state index contributed by atoms with van der Waals surface area (Å²) in [7, 11) is 0. The molecule has 1 heterocycles. The summed E-state index contributed by atoms with van der Waals surface area (Å²) < 4.78 is 4.99. The third-order valence-electron chi connectivity index (χ3n) is 3.56. The van der Waals surface area contributed by atoms with Crippen molar-refractivity contribution in [2.75, 3.05) is 10.6 Å². The fourth-order valence-electron chi connectivity index (χ4n) is 1.98. The Morgan fingerprint density at radius 3 is 2.23 bits per heavy atom. The normalized spacial score (nSPS) is 12.2. The molecule has 0 spiro atoms. The quantitative estimate of drug-likeness (QED) is 0.766. The van der Waals surface area contributed by atoms with Crippen LogP contribution in [0.5, 0.6) is 0 Å². The highest BCUT2D eigenvalue weighted by molar-refractivity contribution is 6.00. The Balaban J connectivity index is 1.97. The van der Waals surface area contributed by atoms with Crippen LogP contribution in [0.4, 0.5) is 11.4 Å². The predicted molar refractivity (Wildman–Crippen MR) is 98.8 cm³/mol. The molecule has 2 aromatic rings. The number of hydrogen-bond donors (Lipinski definition) is 3. The number of amides is 3. The number of carbonyl (C=O) groups excluding carboxylic acids is 3. The second kappa shape index (κ2) is 7.86. The number of furan rings is 1. The maximum Gasteiger partial charge on any atom is 0.287 e. The first-order valence-corrected chi connectivity index (χ1v) is 8.23. The molecular weight excluding hydrogens is 334 g/mol. The Hall–Kier alpha value is -3.09. The van der Waals surface area contributed by atoms with Crippen molar-refractivity contribution < 1.29 is 18.8 Å². The molecular formula is C19H23N3O4. The molecule has 0 aliphatic rings. The van der Waals surface area contributed by atoms with Crippen LogP contribution in [0.2, 0.25) is 0 Å². The predicted octanol–water partition coefficient (Wildman–Crippen LogP) is 3.02. The Kier molecular flexibility index (Phi) is 5.82. The summed E-state index contributed by atoms with van der Waals surface area (Å²) in [5.41, 5.74) is 0.569. The highest BCUT2D eigenvalue weighted by atomic mass is 16.3. The van der Waals surface area contributed by atoms with Gasteiger partial charge in [0.2, 0.25) is 11.8 Å². The van der Waals surface area contributed by atoms with Gasteiger partial charge in [0.1, 0.15) is 6.04 Å². The molecule has 0 saturated carbocycles. The highest BCUT2D eigenvalue weighted by Gasteiger charge is 2.21. The zero-order chi connectivity index (χ0) is 19.3. The van der Waals surface area contributed by atoms with Crippen molar-refractivity contribution in [1.82, 2.24) is 5.32 Å². The van der Waals surface area contributed by atoms with Gasteiger partial charge in [0.15, 0.2) is 5.76 Å². The maximum atomic E-state index is 12.3. The Morgan fingerprint density at radius 1 is 1.00 bits per heavy atom. The van der Waals surface area contributed by atoms with Crippen LogP contribution in [0.15, 0.2) is 47.1 Å². The number of nitrogens with one attached hydrogen (secondary N) is 3. The van der Waals surface area contributed by atoms with Gasteiger partial charge in [0.05, 0.1) is 6.26 Å². The van der Waals surface area contributed by atoms with Gasteiger partial charge in [-0.05, 0) is 37.3 Å². The molecule has 0 bridgehead atoms. The number of carbonyl (C=O) groups is 3. The molecule has 0 aliphatic carbocycles.